The van der Waals surface area contributed by atoms with Gasteiger partial charge < -0.3 is 4.74 Å². The molecule has 3 atom stereocenters. The summed E-state index contributed by atoms with van der Waals surface area (Å²) >= 11 is 1.69. The molecule has 0 unspecified atom stereocenters. The highest BCUT2D eigenvalue weighted by atomic mass is 32.2. The lowest BCUT2D eigenvalue weighted by Gasteiger charge is -2.19. The van der Waals surface area contributed by atoms with Crippen LogP contribution in [0.1, 0.15) is 48.6 Å². The van der Waals surface area contributed by atoms with Crippen LogP contribution in [0, 0.1) is 6.92 Å². The zero-order chi connectivity index (χ0) is 14.9. The minimum absolute atomic E-state index is 0.184. The largest absolute Gasteiger partial charge is 0.377 e. The van der Waals surface area contributed by atoms with Crippen molar-refractivity contribution in [2.75, 3.05) is 6.61 Å². The number of hydrogen-bond donors (Lipinski definition) is 1. The maximum Gasteiger partial charge on any atom is 0.217 e. The summed E-state index contributed by atoms with van der Waals surface area (Å²) < 4.78 is 33.0. The molecule has 4 nitrogen and oxygen atoms in total. The van der Waals surface area contributed by atoms with Gasteiger partial charge in [-0.2, -0.15) is 0 Å². The van der Waals surface area contributed by atoms with Crippen molar-refractivity contribution in [3.8, 4) is 0 Å². The molecule has 1 aliphatic rings. The lowest BCUT2D eigenvalue weighted by atomic mass is 10.2. The fraction of sp³-hybridized carbons (Fsp3) is 0.714. The lowest BCUT2D eigenvalue weighted by molar-refractivity contribution is 0.126. The van der Waals surface area contributed by atoms with Gasteiger partial charge in [-0.25, -0.2) is 13.1 Å². The summed E-state index contributed by atoms with van der Waals surface area (Å²) in [5.74, 6) is 0. The predicted octanol–water partition coefficient (Wildman–Crippen LogP) is 2.78. The normalized spacial score (nSPS) is 25.0. The van der Waals surface area contributed by atoms with Crippen molar-refractivity contribution in [2.45, 2.75) is 57.9 Å². The fourth-order valence-corrected chi connectivity index (χ4v) is 5.60. The molecule has 0 aromatic carbocycles. The first kappa shape index (κ1) is 15.9. The highest BCUT2D eigenvalue weighted by molar-refractivity contribution is 7.90. The van der Waals surface area contributed by atoms with E-state index in [-0.39, 0.29) is 12.1 Å². The molecule has 0 aliphatic carbocycles. The number of sulfonamides is 1. The van der Waals surface area contributed by atoms with Crippen LogP contribution in [0.5, 0.6) is 0 Å². The summed E-state index contributed by atoms with van der Waals surface area (Å²) in [5, 5.41) is -0.434. The molecule has 114 valence electrons. The number of thiophene rings is 1. The van der Waals surface area contributed by atoms with Crippen LogP contribution in [-0.4, -0.2) is 26.4 Å². The Morgan fingerprint density at radius 2 is 2.25 bits per heavy atom. The van der Waals surface area contributed by atoms with Gasteiger partial charge in [0.1, 0.15) is 5.25 Å². The van der Waals surface area contributed by atoms with Gasteiger partial charge >= 0.3 is 0 Å². The van der Waals surface area contributed by atoms with E-state index < -0.39 is 15.3 Å². The van der Waals surface area contributed by atoms with Crippen molar-refractivity contribution in [3.63, 3.8) is 0 Å². The quantitative estimate of drug-likeness (QED) is 0.908. The first-order valence-electron chi connectivity index (χ1n) is 7.07. The van der Waals surface area contributed by atoms with Gasteiger partial charge in [-0.3, -0.25) is 0 Å². The molecule has 0 amide bonds. The molecule has 1 fully saturated rings. The average molecular weight is 317 g/mol. The summed E-state index contributed by atoms with van der Waals surface area (Å²) in [4.78, 5) is 2.40. The highest BCUT2D eigenvalue weighted by Gasteiger charge is 2.36. The SMILES string of the molecule is CCc1sc([C@H](C)NS(=O)(=O)[C@H]2CCO[C@@H]2C)cc1C. The molecule has 0 bridgehead atoms. The van der Waals surface area contributed by atoms with E-state index in [1.807, 2.05) is 13.8 Å². The van der Waals surface area contributed by atoms with Gasteiger partial charge in [-0.15, -0.1) is 11.3 Å². The van der Waals surface area contributed by atoms with E-state index in [4.69, 9.17) is 4.74 Å². The van der Waals surface area contributed by atoms with E-state index >= 15 is 0 Å². The maximum atomic E-state index is 12.4. The smallest absolute Gasteiger partial charge is 0.217 e. The third-order valence-corrected chi connectivity index (χ3v) is 7.50. The second-order valence-electron chi connectivity index (χ2n) is 5.40. The topological polar surface area (TPSA) is 55.4 Å². The molecule has 0 radical (unpaired) electrons. The van der Waals surface area contributed by atoms with E-state index in [1.165, 1.54) is 10.4 Å². The summed E-state index contributed by atoms with van der Waals surface area (Å²) in [6.07, 6.45) is 1.34. The van der Waals surface area contributed by atoms with E-state index in [9.17, 15) is 8.42 Å². The van der Waals surface area contributed by atoms with Gasteiger partial charge in [-0.05, 0) is 45.2 Å². The molecule has 1 N–H and O–H groups in total. The zero-order valence-corrected chi connectivity index (χ0v) is 14.1. The van der Waals surface area contributed by atoms with Crippen molar-refractivity contribution >= 4 is 21.4 Å². The molecule has 1 aromatic rings. The van der Waals surface area contributed by atoms with Crippen molar-refractivity contribution in [1.82, 2.24) is 4.72 Å². The minimum Gasteiger partial charge on any atom is -0.377 e. The van der Waals surface area contributed by atoms with Gasteiger partial charge in [0, 0.05) is 16.4 Å². The molecule has 20 heavy (non-hydrogen) atoms. The summed E-state index contributed by atoms with van der Waals surface area (Å²) in [7, 11) is -3.34. The van der Waals surface area contributed by atoms with Crippen molar-refractivity contribution in [2.24, 2.45) is 0 Å². The summed E-state index contributed by atoms with van der Waals surface area (Å²) in [6.45, 7) is 8.45. The monoisotopic (exact) mass is 317 g/mol. The van der Waals surface area contributed by atoms with Crippen molar-refractivity contribution in [3.05, 3.63) is 21.4 Å². The zero-order valence-electron chi connectivity index (χ0n) is 12.5. The Hall–Kier alpha value is -0.430. The van der Waals surface area contributed by atoms with Gasteiger partial charge in [0.2, 0.25) is 10.0 Å². The fourth-order valence-electron chi connectivity index (χ4n) is 2.62. The maximum absolute atomic E-state index is 12.4. The molecular weight excluding hydrogens is 294 g/mol. The van der Waals surface area contributed by atoms with E-state index in [1.54, 1.807) is 11.3 Å². The number of nitrogens with one attached hydrogen (secondary N) is 1. The molecule has 2 heterocycles. The van der Waals surface area contributed by atoms with Crippen molar-refractivity contribution < 1.29 is 13.2 Å². The Morgan fingerprint density at radius 1 is 1.55 bits per heavy atom. The second kappa shape index (κ2) is 6.13. The first-order chi connectivity index (χ1) is 9.35. The van der Waals surface area contributed by atoms with Gasteiger partial charge in [0.15, 0.2) is 0 Å². The predicted molar refractivity (Wildman–Crippen MR) is 82.7 cm³/mol. The molecule has 1 aromatic heterocycles. The van der Waals surface area contributed by atoms with Crippen LogP contribution < -0.4 is 4.72 Å². The molecule has 1 aliphatic heterocycles. The van der Waals surface area contributed by atoms with Gasteiger partial charge in [0.05, 0.1) is 12.1 Å². The third-order valence-electron chi connectivity index (χ3n) is 3.83. The lowest BCUT2D eigenvalue weighted by Crippen LogP contribution is -2.39. The molecular formula is C14H23NO3S2. The minimum atomic E-state index is -3.34. The molecule has 0 spiro atoms. The van der Waals surface area contributed by atoms with Crippen LogP contribution in [0.2, 0.25) is 0 Å². The summed E-state index contributed by atoms with van der Waals surface area (Å²) in [6, 6.07) is 1.91. The van der Waals surface area contributed by atoms with Crippen LogP contribution in [0.4, 0.5) is 0 Å². The van der Waals surface area contributed by atoms with E-state index in [0.29, 0.717) is 13.0 Å². The average Bonchev–Trinajstić information content (AvgIpc) is 2.94. The summed E-state index contributed by atoms with van der Waals surface area (Å²) in [5.41, 5.74) is 1.25. The van der Waals surface area contributed by atoms with Gasteiger partial charge in [0.25, 0.3) is 0 Å². The Bertz CT molecular complexity index is 565. The van der Waals surface area contributed by atoms with Crippen LogP contribution in [0.15, 0.2) is 6.07 Å². The Labute approximate surface area is 125 Å². The number of hydrogen-bond acceptors (Lipinski definition) is 4. The number of aryl methyl sites for hydroxylation is 2. The first-order valence-corrected chi connectivity index (χ1v) is 9.43. The third kappa shape index (κ3) is 3.24. The molecule has 2 rings (SSSR count). The number of rotatable bonds is 5. The number of ether oxygens (including phenoxy) is 1. The van der Waals surface area contributed by atoms with Gasteiger partial charge in [-0.1, -0.05) is 6.92 Å². The Balaban J connectivity index is 2.12. The molecule has 0 saturated carbocycles. The molecule has 6 heteroatoms. The van der Waals surface area contributed by atoms with Crippen LogP contribution in [0.25, 0.3) is 0 Å². The standard InChI is InChI=1S/C14H23NO3S2/c1-5-12-9(2)8-13(19-12)10(3)15-20(16,17)14-6-7-18-11(14)4/h8,10-11,14-15H,5-7H2,1-4H3/t10-,11+,14-/m0/s1. The van der Waals surface area contributed by atoms with E-state index in [0.717, 1.165) is 11.3 Å². The second-order valence-corrected chi connectivity index (χ2v) is 8.50. The molecule has 1 saturated heterocycles. The van der Waals surface area contributed by atoms with E-state index in [2.05, 4.69) is 24.6 Å². The highest BCUT2D eigenvalue weighted by Crippen LogP contribution is 2.29. The van der Waals surface area contributed by atoms with Crippen LogP contribution in [0.3, 0.4) is 0 Å². The van der Waals surface area contributed by atoms with Crippen molar-refractivity contribution in [1.29, 1.82) is 0 Å². The Kier molecular flexibility index (Phi) is 4.89. The van der Waals surface area contributed by atoms with Crippen LogP contribution in [-0.2, 0) is 21.2 Å². The van der Waals surface area contributed by atoms with Crippen LogP contribution >= 0.6 is 11.3 Å². The Morgan fingerprint density at radius 3 is 2.75 bits per heavy atom.